The van der Waals surface area contributed by atoms with Crippen molar-refractivity contribution in [2.45, 2.75) is 12.5 Å². The second kappa shape index (κ2) is 6.02. The zero-order chi connectivity index (χ0) is 13.7. The molecule has 0 fully saturated rings. The molecule has 0 aliphatic heterocycles. The van der Waals surface area contributed by atoms with E-state index < -0.39 is 18.0 Å². The van der Waals surface area contributed by atoms with Crippen LogP contribution in [0.5, 0.6) is 5.75 Å². The van der Waals surface area contributed by atoms with Gasteiger partial charge in [0.1, 0.15) is 17.4 Å². The number of hydrogen-bond donors (Lipinski definition) is 2. The van der Waals surface area contributed by atoms with E-state index in [2.05, 4.69) is 4.74 Å². The average molecular weight is 253 g/mol. The lowest BCUT2D eigenvalue weighted by atomic mass is 9.99. The third-order valence-corrected chi connectivity index (χ3v) is 2.49. The number of aromatic carboxylic acids is 1. The monoisotopic (exact) mass is 253 g/mol. The molecule has 0 saturated heterocycles. The average Bonchev–Trinajstić information content (AvgIpc) is 2.36. The van der Waals surface area contributed by atoms with E-state index in [1.807, 2.05) is 0 Å². The lowest BCUT2D eigenvalue weighted by molar-refractivity contribution is -0.142. The normalized spacial score (nSPS) is 11.7. The Balaban J connectivity index is 3.09. The lowest BCUT2D eigenvalue weighted by Gasteiger charge is -2.13. The predicted molar refractivity (Wildman–Crippen MR) is 63.6 cm³/mol. The second-order valence-electron chi connectivity index (χ2n) is 3.63. The van der Waals surface area contributed by atoms with E-state index in [-0.39, 0.29) is 17.7 Å². The summed E-state index contributed by atoms with van der Waals surface area (Å²) in [6.07, 6.45) is 0.0749. The van der Waals surface area contributed by atoms with Crippen LogP contribution in [0.25, 0.3) is 0 Å². The SMILES string of the molecule is COC(=O)[C@@H](N)Cc1cccc(OC)c1C(=O)O. The number of nitrogens with two attached hydrogens (primary N) is 1. The van der Waals surface area contributed by atoms with Crippen LogP contribution < -0.4 is 10.5 Å². The van der Waals surface area contributed by atoms with Gasteiger partial charge in [-0.2, -0.15) is 0 Å². The maximum absolute atomic E-state index is 11.2. The molecule has 98 valence electrons. The van der Waals surface area contributed by atoms with Crippen molar-refractivity contribution in [2.24, 2.45) is 5.73 Å². The highest BCUT2D eigenvalue weighted by atomic mass is 16.5. The fourth-order valence-corrected chi connectivity index (χ4v) is 1.63. The largest absolute Gasteiger partial charge is 0.496 e. The van der Waals surface area contributed by atoms with Gasteiger partial charge in [0, 0.05) is 0 Å². The summed E-state index contributed by atoms with van der Waals surface area (Å²) in [6.45, 7) is 0. The molecule has 6 heteroatoms. The van der Waals surface area contributed by atoms with Crippen LogP contribution in [-0.4, -0.2) is 37.3 Å². The molecule has 0 saturated carbocycles. The van der Waals surface area contributed by atoms with Gasteiger partial charge in [0.25, 0.3) is 0 Å². The van der Waals surface area contributed by atoms with E-state index in [0.29, 0.717) is 5.56 Å². The Morgan fingerprint density at radius 1 is 1.39 bits per heavy atom. The molecule has 1 rings (SSSR count). The summed E-state index contributed by atoms with van der Waals surface area (Å²) in [7, 11) is 2.61. The molecule has 18 heavy (non-hydrogen) atoms. The second-order valence-corrected chi connectivity index (χ2v) is 3.63. The van der Waals surface area contributed by atoms with Crippen LogP contribution in [0.4, 0.5) is 0 Å². The summed E-state index contributed by atoms with van der Waals surface area (Å²) in [5, 5.41) is 9.15. The Hall–Kier alpha value is -2.08. The van der Waals surface area contributed by atoms with Gasteiger partial charge >= 0.3 is 11.9 Å². The molecule has 0 amide bonds. The maximum atomic E-state index is 11.2. The van der Waals surface area contributed by atoms with E-state index in [0.717, 1.165) is 0 Å². The minimum Gasteiger partial charge on any atom is -0.496 e. The molecule has 0 bridgehead atoms. The lowest BCUT2D eigenvalue weighted by Crippen LogP contribution is -2.34. The van der Waals surface area contributed by atoms with Gasteiger partial charge in [0.2, 0.25) is 0 Å². The topological polar surface area (TPSA) is 98.9 Å². The zero-order valence-corrected chi connectivity index (χ0v) is 10.2. The fourth-order valence-electron chi connectivity index (χ4n) is 1.63. The molecule has 0 aromatic heterocycles. The Labute approximate surface area is 104 Å². The maximum Gasteiger partial charge on any atom is 0.339 e. The van der Waals surface area contributed by atoms with E-state index in [9.17, 15) is 9.59 Å². The highest BCUT2D eigenvalue weighted by Gasteiger charge is 2.21. The van der Waals surface area contributed by atoms with Gasteiger partial charge in [-0.3, -0.25) is 4.79 Å². The van der Waals surface area contributed by atoms with E-state index in [1.165, 1.54) is 20.3 Å². The van der Waals surface area contributed by atoms with Crippen molar-refractivity contribution in [2.75, 3.05) is 14.2 Å². The van der Waals surface area contributed by atoms with Gasteiger partial charge in [0.15, 0.2) is 0 Å². The Bertz CT molecular complexity index is 458. The predicted octanol–water partition coefficient (Wildman–Crippen LogP) is 0.436. The zero-order valence-electron chi connectivity index (χ0n) is 10.2. The summed E-state index contributed by atoms with van der Waals surface area (Å²) >= 11 is 0. The van der Waals surface area contributed by atoms with Gasteiger partial charge in [0.05, 0.1) is 14.2 Å². The van der Waals surface area contributed by atoms with Gasteiger partial charge in [-0.1, -0.05) is 12.1 Å². The van der Waals surface area contributed by atoms with Crippen molar-refractivity contribution >= 4 is 11.9 Å². The molecule has 0 unspecified atom stereocenters. The van der Waals surface area contributed by atoms with Crippen LogP contribution in [0.15, 0.2) is 18.2 Å². The molecule has 0 aliphatic carbocycles. The van der Waals surface area contributed by atoms with Crippen molar-refractivity contribution in [3.8, 4) is 5.75 Å². The molecule has 0 radical (unpaired) electrons. The molecule has 0 heterocycles. The van der Waals surface area contributed by atoms with Crippen molar-refractivity contribution in [1.29, 1.82) is 0 Å². The van der Waals surface area contributed by atoms with Crippen molar-refractivity contribution in [3.63, 3.8) is 0 Å². The number of ether oxygens (including phenoxy) is 2. The Morgan fingerprint density at radius 2 is 2.06 bits per heavy atom. The number of methoxy groups -OCH3 is 2. The summed E-state index contributed by atoms with van der Waals surface area (Å²) in [5.74, 6) is -1.48. The van der Waals surface area contributed by atoms with E-state index in [4.69, 9.17) is 15.6 Å². The number of benzene rings is 1. The van der Waals surface area contributed by atoms with Crippen LogP contribution in [-0.2, 0) is 16.0 Å². The van der Waals surface area contributed by atoms with E-state index in [1.54, 1.807) is 12.1 Å². The van der Waals surface area contributed by atoms with Gasteiger partial charge < -0.3 is 20.3 Å². The third-order valence-electron chi connectivity index (χ3n) is 2.49. The number of carbonyl (C=O) groups is 2. The fraction of sp³-hybridized carbons (Fsp3) is 0.333. The van der Waals surface area contributed by atoms with Gasteiger partial charge in [-0.15, -0.1) is 0 Å². The number of esters is 1. The highest BCUT2D eigenvalue weighted by molar-refractivity contribution is 5.93. The van der Waals surface area contributed by atoms with Crippen molar-refractivity contribution in [3.05, 3.63) is 29.3 Å². The minimum atomic E-state index is -1.13. The first-order valence-corrected chi connectivity index (χ1v) is 5.23. The number of carboxylic acids is 1. The van der Waals surface area contributed by atoms with Gasteiger partial charge in [-0.05, 0) is 18.1 Å². The first-order chi connectivity index (χ1) is 8.51. The summed E-state index contributed by atoms with van der Waals surface area (Å²) in [4.78, 5) is 22.4. The first kappa shape index (κ1) is 14.0. The van der Waals surface area contributed by atoms with Crippen LogP contribution in [0.3, 0.4) is 0 Å². The van der Waals surface area contributed by atoms with E-state index >= 15 is 0 Å². The minimum absolute atomic E-state index is 0.0133. The molecular formula is C12H15NO5. The molecule has 6 nitrogen and oxygen atoms in total. The van der Waals surface area contributed by atoms with Crippen molar-refractivity contribution < 1.29 is 24.2 Å². The number of rotatable bonds is 5. The Morgan fingerprint density at radius 3 is 2.56 bits per heavy atom. The molecule has 1 atom stereocenters. The van der Waals surface area contributed by atoms with Crippen LogP contribution in [0.2, 0.25) is 0 Å². The summed E-state index contributed by atoms with van der Waals surface area (Å²) in [6, 6.07) is 3.87. The van der Waals surface area contributed by atoms with Gasteiger partial charge in [-0.25, -0.2) is 4.79 Å². The standard InChI is InChI=1S/C12H15NO5/c1-17-9-5-3-4-7(10(9)11(14)15)6-8(13)12(16)18-2/h3-5,8H,6,13H2,1-2H3,(H,14,15)/t8-/m0/s1. The smallest absolute Gasteiger partial charge is 0.339 e. The third kappa shape index (κ3) is 2.98. The number of hydrogen-bond acceptors (Lipinski definition) is 5. The Kier molecular flexibility index (Phi) is 4.67. The quantitative estimate of drug-likeness (QED) is 0.738. The highest BCUT2D eigenvalue weighted by Crippen LogP contribution is 2.23. The molecule has 3 N–H and O–H groups in total. The summed E-state index contributed by atoms with van der Waals surface area (Å²) in [5.41, 5.74) is 6.06. The van der Waals surface area contributed by atoms with Crippen LogP contribution >= 0.6 is 0 Å². The molecule has 0 spiro atoms. The van der Waals surface area contributed by atoms with Crippen LogP contribution in [0.1, 0.15) is 15.9 Å². The molecule has 0 aliphatic rings. The summed E-state index contributed by atoms with van der Waals surface area (Å²) < 4.78 is 9.48. The molecule has 1 aromatic carbocycles. The number of carbonyl (C=O) groups excluding carboxylic acids is 1. The molecular weight excluding hydrogens is 238 g/mol. The number of carboxylic acid groups (broad SMARTS) is 1. The first-order valence-electron chi connectivity index (χ1n) is 5.23. The molecule has 1 aromatic rings. The van der Waals surface area contributed by atoms with Crippen LogP contribution in [0, 0.1) is 0 Å². The van der Waals surface area contributed by atoms with Crippen molar-refractivity contribution in [1.82, 2.24) is 0 Å².